The molecule has 5 heteroatoms. The van der Waals surface area contributed by atoms with Crippen LogP contribution >= 0.6 is 0 Å². The largest absolute Gasteiger partial charge is 0.381 e. The summed E-state index contributed by atoms with van der Waals surface area (Å²) in [5, 5.41) is 3.11. The van der Waals surface area contributed by atoms with E-state index in [2.05, 4.69) is 17.3 Å². The summed E-state index contributed by atoms with van der Waals surface area (Å²) in [6.07, 6.45) is 5.11. The summed E-state index contributed by atoms with van der Waals surface area (Å²) < 4.78 is 5.35. The zero-order chi connectivity index (χ0) is 14.4. The van der Waals surface area contributed by atoms with Crippen molar-refractivity contribution in [2.45, 2.75) is 32.1 Å². The Balaban J connectivity index is 1.71. The maximum atomic E-state index is 12.4. The summed E-state index contributed by atoms with van der Waals surface area (Å²) in [7, 11) is 2.17. The SMILES string of the molecule is CN1CCC(CCNC(=O)C2(CN)CCOCC2)CC1. The fourth-order valence-electron chi connectivity index (χ4n) is 3.21. The highest BCUT2D eigenvalue weighted by Crippen LogP contribution is 2.29. The Morgan fingerprint density at radius 3 is 2.60 bits per heavy atom. The average Bonchev–Trinajstić information content (AvgIpc) is 2.50. The molecule has 0 spiro atoms. The minimum Gasteiger partial charge on any atom is -0.381 e. The standard InChI is InChI=1S/C15H29N3O2/c1-18-8-3-13(4-9-18)2-7-17-14(19)15(12-16)5-10-20-11-6-15/h13H,2-12,16H2,1H3,(H,17,19). The maximum Gasteiger partial charge on any atom is 0.227 e. The molecule has 0 bridgehead atoms. The molecule has 2 rings (SSSR count). The molecular formula is C15H29N3O2. The highest BCUT2D eigenvalue weighted by atomic mass is 16.5. The van der Waals surface area contributed by atoms with Crippen molar-refractivity contribution in [1.82, 2.24) is 10.2 Å². The van der Waals surface area contributed by atoms with Crippen LogP contribution in [0, 0.1) is 11.3 Å². The number of nitrogens with two attached hydrogens (primary N) is 1. The van der Waals surface area contributed by atoms with Gasteiger partial charge in [-0.2, -0.15) is 0 Å². The third-order valence-electron chi connectivity index (χ3n) is 5.00. The molecule has 1 amide bonds. The average molecular weight is 283 g/mol. The first-order valence-corrected chi connectivity index (χ1v) is 7.91. The van der Waals surface area contributed by atoms with Crippen LogP contribution in [0.4, 0.5) is 0 Å². The maximum absolute atomic E-state index is 12.4. The van der Waals surface area contributed by atoms with Crippen molar-refractivity contribution < 1.29 is 9.53 Å². The molecule has 0 atom stereocenters. The molecule has 0 aromatic carbocycles. The second-order valence-electron chi connectivity index (χ2n) is 6.39. The summed E-state index contributed by atoms with van der Waals surface area (Å²) >= 11 is 0. The molecule has 2 fully saturated rings. The topological polar surface area (TPSA) is 67.6 Å². The van der Waals surface area contributed by atoms with E-state index in [1.54, 1.807) is 0 Å². The van der Waals surface area contributed by atoms with Crippen LogP contribution in [0.15, 0.2) is 0 Å². The molecule has 2 saturated heterocycles. The van der Waals surface area contributed by atoms with Crippen LogP contribution in [0.25, 0.3) is 0 Å². The lowest BCUT2D eigenvalue weighted by Crippen LogP contribution is -2.49. The number of amides is 1. The van der Waals surface area contributed by atoms with Crippen molar-refractivity contribution in [2.75, 3.05) is 46.4 Å². The van der Waals surface area contributed by atoms with Crippen molar-refractivity contribution in [3.63, 3.8) is 0 Å². The van der Waals surface area contributed by atoms with Gasteiger partial charge in [-0.25, -0.2) is 0 Å². The molecule has 0 unspecified atom stereocenters. The van der Waals surface area contributed by atoms with E-state index >= 15 is 0 Å². The van der Waals surface area contributed by atoms with Crippen LogP contribution in [0.5, 0.6) is 0 Å². The van der Waals surface area contributed by atoms with Crippen molar-refractivity contribution in [2.24, 2.45) is 17.1 Å². The van der Waals surface area contributed by atoms with Gasteiger partial charge in [0.2, 0.25) is 5.91 Å². The van der Waals surface area contributed by atoms with E-state index in [1.165, 1.54) is 25.9 Å². The summed E-state index contributed by atoms with van der Waals surface area (Å²) in [4.78, 5) is 14.8. The zero-order valence-corrected chi connectivity index (χ0v) is 12.7. The van der Waals surface area contributed by atoms with Gasteiger partial charge < -0.3 is 20.7 Å². The number of nitrogens with one attached hydrogen (secondary N) is 1. The quantitative estimate of drug-likeness (QED) is 0.775. The van der Waals surface area contributed by atoms with Crippen LogP contribution in [-0.2, 0) is 9.53 Å². The van der Waals surface area contributed by atoms with E-state index in [0.29, 0.717) is 19.8 Å². The van der Waals surface area contributed by atoms with Gasteiger partial charge >= 0.3 is 0 Å². The fraction of sp³-hybridized carbons (Fsp3) is 0.933. The smallest absolute Gasteiger partial charge is 0.227 e. The minimum atomic E-state index is -0.384. The van der Waals surface area contributed by atoms with Gasteiger partial charge in [-0.3, -0.25) is 4.79 Å². The van der Waals surface area contributed by atoms with E-state index in [1.807, 2.05) is 0 Å². The van der Waals surface area contributed by atoms with Gasteiger partial charge in [0.25, 0.3) is 0 Å². The van der Waals surface area contributed by atoms with Crippen LogP contribution < -0.4 is 11.1 Å². The molecule has 5 nitrogen and oxygen atoms in total. The number of hydrogen-bond donors (Lipinski definition) is 2. The van der Waals surface area contributed by atoms with Crippen LogP contribution in [-0.4, -0.2) is 57.2 Å². The van der Waals surface area contributed by atoms with Gasteiger partial charge in [0.1, 0.15) is 0 Å². The fourth-order valence-corrected chi connectivity index (χ4v) is 3.21. The number of nitrogens with zero attached hydrogens (tertiary/aromatic N) is 1. The van der Waals surface area contributed by atoms with Crippen molar-refractivity contribution in [3.05, 3.63) is 0 Å². The number of piperidine rings is 1. The van der Waals surface area contributed by atoms with Crippen molar-refractivity contribution >= 4 is 5.91 Å². The van der Waals surface area contributed by atoms with Crippen molar-refractivity contribution in [1.29, 1.82) is 0 Å². The Morgan fingerprint density at radius 2 is 2.00 bits per heavy atom. The Morgan fingerprint density at radius 1 is 1.35 bits per heavy atom. The van der Waals surface area contributed by atoms with Crippen LogP contribution in [0.1, 0.15) is 32.1 Å². The van der Waals surface area contributed by atoms with E-state index in [-0.39, 0.29) is 11.3 Å². The highest BCUT2D eigenvalue weighted by Gasteiger charge is 2.38. The zero-order valence-electron chi connectivity index (χ0n) is 12.7. The number of likely N-dealkylation sites (tertiary alicyclic amines) is 1. The normalized spacial score (nSPS) is 24.5. The monoisotopic (exact) mass is 283 g/mol. The number of ether oxygens (including phenoxy) is 1. The van der Waals surface area contributed by atoms with Gasteiger partial charge in [-0.05, 0) is 58.2 Å². The lowest BCUT2D eigenvalue weighted by Gasteiger charge is -2.35. The molecule has 0 aromatic heterocycles. The molecule has 20 heavy (non-hydrogen) atoms. The Bertz CT molecular complexity index is 308. The molecule has 2 aliphatic rings. The number of rotatable bonds is 5. The van der Waals surface area contributed by atoms with Gasteiger partial charge in [-0.1, -0.05) is 0 Å². The van der Waals surface area contributed by atoms with E-state index in [9.17, 15) is 4.79 Å². The van der Waals surface area contributed by atoms with E-state index < -0.39 is 0 Å². The molecule has 116 valence electrons. The Labute approximate surface area is 122 Å². The molecule has 0 aliphatic carbocycles. The van der Waals surface area contributed by atoms with Crippen LogP contribution in [0.2, 0.25) is 0 Å². The van der Waals surface area contributed by atoms with E-state index in [0.717, 1.165) is 31.7 Å². The summed E-state index contributed by atoms with van der Waals surface area (Å²) in [5.74, 6) is 0.895. The van der Waals surface area contributed by atoms with E-state index in [4.69, 9.17) is 10.5 Å². The first-order valence-electron chi connectivity index (χ1n) is 7.91. The summed E-state index contributed by atoms with van der Waals surface area (Å²) in [6, 6.07) is 0. The molecule has 0 aromatic rings. The number of hydrogen-bond acceptors (Lipinski definition) is 4. The first kappa shape index (κ1) is 15.7. The van der Waals surface area contributed by atoms with Gasteiger partial charge in [0.05, 0.1) is 5.41 Å². The number of carbonyl (C=O) groups excluding carboxylic acids is 1. The summed E-state index contributed by atoms with van der Waals surface area (Å²) in [6.45, 7) is 4.89. The second kappa shape index (κ2) is 7.38. The van der Waals surface area contributed by atoms with Crippen LogP contribution in [0.3, 0.4) is 0 Å². The third kappa shape index (κ3) is 3.93. The Kier molecular flexibility index (Phi) is 5.81. The van der Waals surface area contributed by atoms with Gasteiger partial charge in [0.15, 0.2) is 0 Å². The molecule has 0 radical (unpaired) electrons. The second-order valence-corrected chi connectivity index (χ2v) is 6.39. The predicted octanol–water partition coefficient (Wildman–Crippen LogP) is 0.590. The molecule has 3 N–H and O–H groups in total. The third-order valence-corrected chi connectivity index (χ3v) is 5.00. The first-order chi connectivity index (χ1) is 9.66. The predicted molar refractivity (Wildman–Crippen MR) is 79.4 cm³/mol. The lowest BCUT2D eigenvalue weighted by atomic mass is 9.79. The lowest BCUT2D eigenvalue weighted by molar-refractivity contribution is -0.135. The molecule has 2 heterocycles. The molecular weight excluding hydrogens is 254 g/mol. The summed E-state index contributed by atoms with van der Waals surface area (Å²) in [5.41, 5.74) is 5.46. The highest BCUT2D eigenvalue weighted by molar-refractivity contribution is 5.83. The minimum absolute atomic E-state index is 0.135. The molecule has 0 saturated carbocycles. The number of carbonyl (C=O) groups is 1. The van der Waals surface area contributed by atoms with Gasteiger partial charge in [0, 0.05) is 26.3 Å². The Hall–Kier alpha value is -0.650. The van der Waals surface area contributed by atoms with Crippen molar-refractivity contribution in [3.8, 4) is 0 Å². The molecule has 2 aliphatic heterocycles. The van der Waals surface area contributed by atoms with Gasteiger partial charge in [-0.15, -0.1) is 0 Å².